The molecule has 0 radical (unpaired) electrons. The van der Waals surface area contributed by atoms with Crippen molar-refractivity contribution in [2.75, 3.05) is 24.6 Å². The second-order valence-electron chi connectivity index (χ2n) is 5.86. The Balaban J connectivity index is 1.96. The Kier molecular flexibility index (Phi) is 5.16. The van der Waals surface area contributed by atoms with Crippen molar-refractivity contribution in [2.24, 2.45) is 0 Å². The maximum absolute atomic E-state index is 12.8. The summed E-state index contributed by atoms with van der Waals surface area (Å²) in [4.78, 5) is 11.5. The molecule has 0 amide bonds. The van der Waals surface area contributed by atoms with E-state index in [2.05, 4.69) is 5.10 Å². The van der Waals surface area contributed by atoms with Crippen LogP contribution in [0.25, 0.3) is 0 Å². The highest BCUT2D eigenvalue weighted by Gasteiger charge is 2.33. The van der Waals surface area contributed by atoms with Gasteiger partial charge in [0.25, 0.3) is 10.0 Å². The van der Waals surface area contributed by atoms with Gasteiger partial charge in [-0.05, 0) is 12.5 Å². The number of aromatic nitrogens is 2. The number of nitrogens with zero attached hydrogens (tertiary/aromatic N) is 3. The first-order valence-electron chi connectivity index (χ1n) is 7.82. The lowest BCUT2D eigenvalue weighted by Gasteiger charge is -2.24. The normalized spacial score (nSPS) is 16.0. The monoisotopic (exact) mass is 381 g/mol. The first-order chi connectivity index (χ1) is 11.9. The Labute approximate surface area is 150 Å². The van der Waals surface area contributed by atoms with E-state index in [0.29, 0.717) is 31.1 Å². The molecule has 1 saturated heterocycles. The molecule has 2 aromatic rings. The van der Waals surface area contributed by atoms with E-state index < -0.39 is 16.0 Å². The summed E-state index contributed by atoms with van der Waals surface area (Å²) in [6, 6.07) is 7.71. The van der Waals surface area contributed by atoms with E-state index in [0.717, 1.165) is 11.1 Å². The zero-order chi connectivity index (χ0) is 18.0. The topological polar surface area (TPSA) is 92.5 Å². The Bertz CT molecular complexity index is 887. The van der Waals surface area contributed by atoms with Crippen LogP contribution in [0.5, 0.6) is 0 Å². The summed E-state index contributed by atoms with van der Waals surface area (Å²) in [7, 11) is -3.91. The van der Waals surface area contributed by atoms with Crippen molar-refractivity contribution in [3.63, 3.8) is 0 Å². The van der Waals surface area contributed by atoms with Crippen LogP contribution in [0.3, 0.4) is 0 Å². The molecule has 0 spiro atoms. The van der Waals surface area contributed by atoms with Crippen LogP contribution in [0, 0.1) is 6.92 Å². The third-order valence-electron chi connectivity index (χ3n) is 3.94. The lowest BCUT2D eigenvalue weighted by molar-refractivity contribution is 0.0692. The zero-order valence-electron chi connectivity index (χ0n) is 13.8. The van der Waals surface area contributed by atoms with Gasteiger partial charge in [-0.1, -0.05) is 29.8 Å². The Hall–Kier alpha value is -1.84. The zero-order valence-corrected chi connectivity index (χ0v) is 15.4. The molecule has 1 N–H and O–H groups in total. The summed E-state index contributed by atoms with van der Waals surface area (Å²) >= 11 is 1.68. The number of carbonyl (C=O) groups is 1. The van der Waals surface area contributed by atoms with E-state index in [1.807, 2.05) is 31.2 Å². The van der Waals surface area contributed by atoms with Gasteiger partial charge in [0, 0.05) is 30.8 Å². The number of carboxylic acids is 1. The average molecular weight is 381 g/mol. The molecule has 0 aliphatic carbocycles. The molecular formula is C16H19N3O4S2. The lowest BCUT2D eigenvalue weighted by atomic mass is 10.1. The van der Waals surface area contributed by atoms with E-state index in [9.17, 15) is 18.3 Å². The van der Waals surface area contributed by atoms with E-state index in [-0.39, 0.29) is 10.6 Å². The predicted molar refractivity (Wildman–Crippen MR) is 95.6 cm³/mol. The second kappa shape index (κ2) is 7.19. The average Bonchev–Trinajstić information content (AvgIpc) is 3.01. The summed E-state index contributed by atoms with van der Waals surface area (Å²) < 4.78 is 28.3. The molecule has 7 nitrogen and oxygen atoms in total. The van der Waals surface area contributed by atoms with Crippen molar-refractivity contribution < 1.29 is 18.3 Å². The molecule has 0 bridgehead atoms. The Morgan fingerprint density at radius 2 is 2.04 bits per heavy atom. The van der Waals surface area contributed by atoms with Crippen molar-refractivity contribution in [3.05, 3.63) is 47.2 Å². The first kappa shape index (κ1) is 18.0. The molecule has 9 heteroatoms. The summed E-state index contributed by atoms with van der Waals surface area (Å²) in [5, 5.41) is 13.1. The standard InChI is InChI=1S/C16H19N3O4S2/c1-12-3-2-4-13(9-12)10-18-11-14(16(20)21)15(17-18)25(22,23)19-5-7-24-8-6-19/h2-4,9,11H,5-8,10H2,1H3,(H,20,21). The molecule has 3 rings (SSSR count). The third kappa shape index (κ3) is 3.88. The fraction of sp³-hybridized carbons (Fsp3) is 0.375. The molecule has 1 aromatic heterocycles. The fourth-order valence-corrected chi connectivity index (χ4v) is 5.40. The van der Waals surface area contributed by atoms with Gasteiger partial charge < -0.3 is 5.11 Å². The number of sulfonamides is 1. The largest absolute Gasteiger partial charge is 0.478 e. The predicted octanol–water partition coefficient (Wildman–Crippen LogP) is 1.68. The highest BCUT2D eigenvalue weighted by molar-refractivity contribution is 7.99. The first-order valence-corrected chi connectivity index (χ1v) is 10.4. The number of benzene rings is 1. The van der Waals surface area contributed by atoms with Crippen LogP contribution >= 0.6 is 11.8 Å². The lowest BCUT2D eigenvalue weighted by Crippen LogP contribution is -2.38. The molecule has 1 aliphatic heterocycles. The number of hydrogen-bond acceptors (Lipinski definition) is 5. The van der Waals surface area contributed by atoms with Crippen molar-refractivity contribution in [3.8, 4) is 0 Å². The second-order valence-corrected chi connectivity index (χ2v) is 8.93. The minimum absolute atomic E-state index is 0.286. The van der Waals surface area contributed by atoms with Crippen LogP contribution < -0.4 is 0 Å². The van der Waals surface area contributed by atoms with Gasteiger partial charge in [0.2, 0.25) is 5.03 Å². The van der Waals surface area contributed by atoms with Gasteiger partial charge in [0.15, 0.2) is 0 Å². The molecule has 2 heterocycles. The Morgan fingerprint density at radius 1 is 1.32 bits per heavy atom. The van der Waals surface area contributed by atoms with Gasteiger partial charge in [-0.3, -0.25) is 4.68 Å². The van der Waals surface area contributed by atoms with Crippen LogP contribution in [0.4, 0.5) is 0 Å². The summed E-state index contributed by atoms with van der Waals surface area (Å²) in [6.07, 6.45) is 1.29. The van der Waals surface area contributed by atoms with E-state index in [4.69, 9.17) is 0 Å². The highest BCUT2D eigenvalue weighted by Crippen LogP contribution is 2.22. The quantitative estimate of drug-likeness (QED) is 0.847. The van der Waals surface area contributed by atoms with Gasteiger partial charge in [-0.25, -0.2) is 13.2 Å². The maximum atomic E-state index is 12.8. The molecule has 0 atom stereocenters. The molecule has 1 aliphatic rings. The minimum atomic E-state index is -3.91. The van der Waals surface area contributed by atoms with Crippen molar-refractivity contribution in [2.45, 2.75) is 18.5 Å². The number of rotatable bonds is 5. The number of hydrogen-bond donors (Lipinski definition) is 1. The van der Waals surface area contributed by atoms with Crippen molar-refractivity contribution >= 4 is 27.8 Å². The van der Waals surface area contributed by atoms with Crippen molar-refractivity contribution in [1.29, 1.82) is 0 Å². The van der Waals surface area contributed by atoms with Crippen molar-refractivity contribution in [1.82, 2.24) is 14.1 Å². The van der Waals surface area contributed by atoms with Crippen LogP contribution in [0.2, 0.25) is 0 Å². The van der Waals surface area contributed by atoms with Crippen LogP contribution in [-0.4, -0.2) is 58.2 Å². The summed E-state index contributed by atoms with van der Waals surface area (Å²) in [5.41, 5.74) is 1.71. The molecule has 1 fully saturated rings. The SMILES string of the molecule is Cc1cccc(Cn2cc(C(=O)O)c(S(=O)(=O)N3CCSCC3)n2)c1. The van der Waals surface area contributed by atoms with E-state index in [1.54, 1.807) is 11.8 Å². The van der Waals surface area contributed by atoms with Crippen LogP contribution in [0.1, 0.15) is 21.5 Å². The smallest absolute Gasteiger partial charge is 0.340 e. The van der Waals surface area contributed by atoms with Gasteiger partial charge in [-0.15, -0.1) is 0 Å². The summed E-state index contributed by atoms with van der Waals surface area (Å²) in [5.74, 6) is 0.109. The fourth-order valence-electron chi connectivity index (χ4n) is 2.73. The maximum Gasteiger partial charge on any atom is 0.340 e. The number of aromatic carboxylic acids is 1. The molecule has 134 valence electrons. The van der Waals surface area contributed by atoms with Gasteiger partial charge in [0.05, 0.1) is 6.54 Å². The molecule has 1 aromatic carbocycles. The van der Waals surface area contributed by atoms with Gasteiger partial charge >= 0.3 is 5.97 Å². The minimum Gasteiger partial charge on any atom is -0.478 e. The number of thioether (sulfide) groups is 1. The molecule has 0 saturated carbocycles. The van der Waals surface area contributed by atoms with Crippen LogP contribution in [-0.2, 0) is 16.6 Å². The molecule has 0 unspecified atom stereocenters. The van der Waals surface area contributed by atoms with E-state index in [1.165, 1.54) is 15.2 Å². The number of aryl methyl sites for hydroxylation is 1. The number of carboxylic acid groups (broad SMARTS) is 1. The molecular weight excluding hydrogens is 362 g/mol. The van der Waals surface area contributed by atoms with Gasteiger partial charge in [0.1, 0.15) is 5.56 Å². The summed E-state index contributed by atoms with van der Waals surface area (Å²) in [6.45, 7) is 3.01. The van der Waals surface area contributed by atoms with Crippen LogP contribution in [0.15, 0.2) is 35.5 Å². The Morgan fingerprint density at radius 3 is 2.68 bits per heavy atom. The highest BCUT2D eigenvalue weighted by atomic mass is 32.2. The van der Waals surface area contributed by atoms with Gasteiger partial charge in [-0.2, -0.15) is 21.2 Å². The third-order valence-corrected chi connectivity index (χ3v) is 6.72. The molecule has 25 heavy (non-hydrogen) atoms. The van der Waals surface area contributed by atoms with E-state index >= 15 is 0 Å².